The Bertz CT molecular complexity index is 321. The maximum atomic E-state index is 5.50. The van der Waals surface area contributed by atoms with E-state index in [0.29, 0.717) is 0 Å². The van der Waals surface area contributed by atoms with Gasteiger partial charge in [0.25, 0.3) is 0 Å². The summed E-state index contributed by atoms with van der Waals surface area (Å²) >= 11 is 0. The van der Waals surface area contributed by atoms with Gasteiger partial charge in [-0.1, -0.05) is 12.1 Å². The van der Waals surface area contributed by atoms with Gasteiger partial charge >= 0.3 is 0 Å². The van der Waals surface area contributed by atoms with Crippen molar-refractivity contribution in [1.82, 2.24) is 10.2 Å². The van der Waals surface area contributed by atoms with Crippen LogP contribution < -0.4 is 10.1 Å². The number of ether oxygens (including phenoxy) is 1. The van der Waals surface area contributed by atoms with Gasteiger partial charge in [-0.25, -0.2) is 0 Å². The Kier molecular flexibility index (Phi) is 4.19. The zero-order chi connectivity index (χ0) is 11.2. The molecule has 1 N–H and O–H groups in total. The molecule has 0 bridgehead atoms. The second kappa shape index (κ2) is 5.87. The summed E-state index contributed by atoms with van der Waals surface area (Å²) in [7, 11) is 0. The molecule has 2 rings (SSSR count). The molecule has 1 aromatic rings. The fourth-order valence-corrected chi connectivity index (χ4v) is 2.03. The topological polar surface area (TPSA) is 24.5 Å². The van der Waals surface area contributed by atoms with Gasteiger partial charge in [-0.05, 0) is 24.6 Å². The predicted octanol–water partition coefficient (Wildman–Crippen LogP) is 1.49. The van der Waals surface area contributed by atoms with E-state index in [1.54, 1.807) is 0 Å². The monoisotopic (exact) mass is 220 g/mol. The molecule has 3 nitrogen and oxygen atoms in total. The van der Waals surface area contributed by atoms with E-state index in [9.17, 15) is 0 Å². The first kappa shape index (κ1) is 11.4. The molecule has 88 valence electrons. The number of rotatable bonds is 4. The molecule has 0 unspecified atom stereocenters. The molecular formula is C13H20N2O. The summed E-state index contributed by atoms with van der Waals surface area (Å²) in [6.45, 7) is 8.26. The maximum absolute atomic E-state index is 5.50. The Morgan fingerprint density at radius 2 is 2.12 bits per heavy atom. The van der Waals surface area contributed by atoms with Crippen molar-refractivity contribution in [2.75, 3.05) is 32.8 Å². The highest BCUT2D eigenvalue weighted by Gasteiger charge is 2.09. The average Bonchev–Trinajstić information content (AvgIpc) is 2.31. The first-order valence-corrected chi connectivity index (χ1v) is 6.03. The van der Waals surface area contributed by atoms with Crippen molar-refractivity contribution in [2.45, 2.75) is 13.5 Å². The van der Waals surface area contributed by atoms with Crippen molar-refractivity contribution in [3.8, 4) is 5.75 Å². The van der Waals surface area contributed by atoms with Crippen molar-refractivity contribution in [3.63, 3.8) is 0 Å². The van der Waals surface area contributed by atoms with E-state index < -0.39 is 0 Å². The number of piperazine rings is 1. The van der Waals surface area contributed by atoms with Gasteiger partial charge in [-0.15, -0.1) is 0 Å². The Labute approximate surface area is 97.4 Å². The van der Waals surface area contributed by atoms with E-state index in [1.807, 2.05) is 13.0 Å². The van der Waals surface area contributed by atoms with Crippen LogP contribution in [0.15, 0.2) is 24.3 Å². The van der Waals surface area contributed by atoms with Crippen molar-refractivity contribution in [1.29, 1.82) is 0 Å². The van der Waals surface area contributed by atoms with Gasteiger partial charge in [0.2, 0.25) is 0 Å². The van der Waals surface area contributed by atoms with Crippen LogP contribution in [0.2, 0.25) is 0 Å². The Hall–Kier alpha value is -1.06. The molecule has 16 heavy (non-hydrogen) atoms. The second-order valence-electron chi connectivity index (χ2n) is 4.11. The van der Waals surface area contributed by atoms with Crippen LogP contribution in [-0.4, -0.2) is 37.7 Å². The summed E-state index contributed by atoms with van der Waals surface area (Å²) < 4.78 is 5.50. The minimum absolute atomic E-state index is 0.733. The van der Waals surface area contributed by atoms with E-state index in [2.05, 4.69) is 28.4 Å². The van der Waals surface area contributed by atoms with Gasteiger partial charge in [-0.2, -0.15) is 0 Å². The highest BCUT2D eigenvalue weighted by atomic mass is 16.5. The predicted molar refractivity (Wildman–Crippen MR) is 65.8 cm³/mol. The van der Waals surface area contributed by atoms with Crippen molar-refractivity contribution in [2.24, 2.45) is 0 Å². The molecule has 0 saturated carbocycles. The fourth-order valence-electron chi connectivity index (χ4n) is 2.03. The number of benzene rings is 1. The summed E-state index contributed by atoms with van der Waals surface area (Å²) in [5.41, 5.74) is 1.34. The highest BCUT2D eigenvalue weighted by Crippen LogP contribution is 2.15. The largest absolute Gasteiger partial charge is 0.494 e. The van der Waals surface area contributed by atoms with Gasteiger partial charge in [0, 0.05) is 32.7 Å². The number of hydrogen-bond acceptors (Lipinski definition) is 3. The number of nitrogens with one attached hydrogen (secondary N) is 1. The Balaban J connectivity index is 1.94. The van der Waals surface area contributed by atoms with Gasteiger partial charge in [0.15, 0.2) is 0 Å². The molecule has 0 radical (unpaired) electrons. The minimum Gasteiger partial charge on any atom is -0.494 e. The summed E-state index contributed by atoms with van der Waals surface area (Å²) in [6.07, 6.45) is 0. The van der Waals surface area contributed by atoms with Crippen LogP contribution in [0.5, 0.6) is 5.75 Å². The van der Waals surface area contributed by atoms with Gasteiger partial charge in [0.05, 0.1) is 6.61 Å². The van der Waals surface area contributed by atoms with Crippen molar-refractivity contribution in [3.05, 3.63) is 29.8 Å². The van der Waals surface area contributed by atoms with Crippen LogP contribution in [0.3, 0.4) is 0 Å². The fraction of sp³-hybridized carbons (Fsp3) is 0.538. The minimum atomic E-state index is 0.733. The van der Waals surface area contributed by atoms with Gasteiger partial charge < -0.3 is 10.1 Å². The highest BCUT2D eigenvalue weighted by molar-refractivity contribution is 5.28. The number of hydrogen-bond donors (Lipinski definition) is 1. The molecule has 1 aromatic carbocycles. The molecule has 1 saturated heterocycles. The smallest absolute Gasteiger partial charge is 0.119 e. The molecule has 0 spiro atoms. The standard InChI is InChI=1S/C13H20N2O/c1-2-16-13-5-3-4-12(10-13)11-15-8-6-14-7-9-15/h3-5,10,14H,2,6-9,11H2,1H3. The van der Waals surface area contributed by atoms with E-state index in [-0.39, 0.29) is 0 Å². The van der Waals surface area contributed by atoms with Crippen LogP contribution in [0.25, 0.3) is 0 Å². The van der Waals surface area contributed by atoms with Crippen LogP contribution in [0, 0.1) is 0 Å². The zero-order valence-electron chi connectivity index (χ0n) is 9.91. The van der Waals surface area contributed by atoms with E-state index >= 15 is 0 Å². The third kappa shape index (κ3) is 3.22. The SMILES string of the molecule is CCOc1cccc(CN2CCNCC2)c1. The Morgan fingerprint density at radius 3 is 2.88 bits per heavy atom. The Morgan fingerprint density at radius 1 is 1.31 bits per heavy atom. The maximum Gasteiger partial charge on any atom is 0.119 e. The summed E-state index contributed by atoms with van der Waals surface area (Å²) in [5, 5.41) is 3.37. The van der Waals surface area contributed by atoms with Crippen molar-refractivity contribution < 1.29 is 4.74 Å². The van der Waals surface area contributed by atoms with E-state index in [0.717, 1.165) is 45.1 Å². The molecule has 0 atom stereocenters. The lowest BCUT2D eigenvalue weighted by molar-refractivity contribution is 0.233. The van der Waals surface area contributed by atoms with Gasteiger partial charge in [-0.3, -0.25) is 4.90 Å². The normalized spacial score (nSPS) is 17.3. The number of nitrogens with zero attached hydrogens (tertiary/aromatic N) is 1. The molecule has 1 aliphatic rings. The quantitative estimate of drug-likeness (QED) is 0.832. The molecule has 3 heteroatoms. The first-order valence-electron chi connectivity index (χ1n) is 6.03. The molecule has 1 aliphatic heterocycles. The molecule has 0 aromatic heterocycles. The first-order chi connectivity index (χ1) is 7.88. The van der Waals surface area contributed by atoms with Crippen LogP contribution in [0.1, 0.15) is 12.5 Å². The third-order valence-electron chi connectivity index (χ3n) is 2.83. The van der Waals surface area contributed by atoms with Crippen LogP contribution >= 0.6 is 0 Å². The van der Waals surface area contributed by atoms with Crippen molar-refractivity contribution >= 4 is 0 Å². The summed E-state index contributed by atoms with van der Waals surface area (Å²) in [6, 6.07) is 8.41. The lowest BCUT2D eigenvalue weighted by Gasteiger charge is -2.27. The average molecular weight is 220 g/mol. The van der Waals surface area contributed by atoms with E-state index in [1.165, 1.54) is 5.56 Å². The lowest BCUT2D eigenvalue weighted by Crippen LogP contribution is -2.42. The van der Waals surface area contributed by atoms with Crippen LogP contribution in [0.4, 0.5) is 0 Å². The molecule has 0 amide bonds. The summed E-state index contributed by atoms with van der Waals surface area (Å²) in [5.74, 6) is 0.982. The lowest BCUT2D eigenvalue weighted by atomic mass is 10.2. The molecule has 1 heterocycles. The second-order valence-corrected chi connectivity index (χ2v) is 4.11. The third-order valence-corrected chi connectivity index (χ3v) is 2.83. The summed E-state index contributed by atoms with van der Waals surface area (Å²) in [4.78, 5) is 2.47. The van der Waals surface area contributed by atoms with E-state index in [4.69, 9.17) is 4.74 Å². The van der Waals surface area contributed by atoms with Crippen LogP contribution in [-0.2, 0) is 6.54 Å². The molecule has 0 aliphatic carbocycles. The van der Waals surface area contributed by atoms with Gasteiger partial charge in [0.1, 0.15) is 5.75 Å². The zero-order valence-corrected chi connectivity index (χ0v) is 9.91. The molecule has 1 fully saturated rings. The molecular weight excluding hydrogens is 200 g/mol.